The maximum absolute atomic E-state index is 9.17. The molecule has 0 aromatic heterocycles. The lowest BCUT2D eigenvalue weighted by molar-refractivity contribution is -0.101. The Bertz CT molecular complexity index is 92.9. The van der Waals surface area contributed by atoms with Crippen molar-refractivity contribution in [3.05, 3.63) is 0 Å². The van der Waals surface area contributed by atoms with Crippen LogP contribution in [0.1, 0.15) is 26.7 Å². The molecule has 2 heteroatoms. The van der Waals surface area contributed by atoms with E-state index in [0.29, 0.717) is 6.10 Å². The Balaban J connectivity index is 2.35. The molecule has 0 spiro atoms. The van der Waals surface area contributed by atoms with Crippen LogP contribution in [-0.4, -0.2) is 23.4 Å². The van der Waals surface area contributed by atoms with Gasteiger partial charge >= 0.3 is 0 Å². The molecule has 0 radical (unpaired) electrons. The second-order valence-electron chi connectivity index (χ2n) is 2.80. The highest BCUT2D eigenvalue weighted by Gasteiger charge is 2.23. The normalized spacial score (nSPS) is 45.0. The maximum Gasteiger partial charge on any atom is 0.0809 e. The second-order valence-corrected chi connectivity index (χ2v) is 2.80. The van der Waals surface area contributed by atoms with E-state index in [0.717, 1.165) is 12.8 Å². The molecule has 1 rings (SSSR count). The minimum atomic E-state index is -0.235. The molecule has 2 nitrogen and oxygen atoms in total. The van der Waals surface area contributed by atoms with Crippen LogP contribution in [0.3, 0.4) is 0 Å². The third kappa shape index (κ3) is 1.66. The molecule has 1 N–H and O–H groups in total. The Morgan fingerprint density at radius 2 is 2.00 bits per heavy atom. The van der Waals surface area contributed by atoms with Gasteiger partial charge in [-0.3, -0.25) is 0 Å². The van der Waals surface area contributed by atoms with Crippen LogP contribution in [0, 0.1) is 0 Å². The van der Waals surface area contributed by atoms with E-state index >= 15 is 0 Å². The third-order valence-corrected chi connectivity index (χ3v) is 1.86. The van der Waals surface area contributed by atoms with Crippen molar-refractivity contribution in [2.45, 2.75) is 45.0 Å². The molecule has 1 aliphatic rings. The van der Waals surface area contributed by atoms with E-state index < -0.39 is 0 Å². The van der Waals surface area contributed by atoms with E-state index in [1.165, 1.54) is 0 Å². The van der Waals surface area contributed by atoms with Gasteiger partial charge in [-0.2, -0.15) is 0 Å². The van der Waals surface area contributed by atoms with Gasteiger partial charge in [0.15, 0.2) is 0 Å². The van der Waals surface area contributed by atoms with Crippen LogP contribution in [-0.2, 0) is 4.74 Å². The Morgan fingerprint density at radius 1 is 1.33 bits per heavy atom. The topological polar surface area (TPSA) is 29.5 Å². The van der Waals surface area contributed by atoms with E-state index in [-0.39, 0.29) is 12.2 Å². The van der Waals surface area contributed by atoms with Crippen molar-refractivity contribution in [3.8, 4) is 0 Å². The third-order valence-electron chi connectivity index (χ3n) is 1.86. The first-order valence-corrected chi connectivity index (χ1v) is 3.53. The molecule has 54 valence electrons. The van der Waals surface area contributed by atoms with E-state index in [9.17, 15) is 5.11 Å². The summed E-state index contributed by atoms with van der Waals surface area (Å²) in [5.41, 5.74) is 0. The largest absolute Gasteiger partial charge is 0.390 e. The summed E-state index contributed by atoms with van der Waals surface area (Å²) in [5.74, 6) is 0. The van der Waals surface area contributed by atoms with Gasteiger partial charge in [0.1, 0.15) is 0 Å². The van der Waals surface area contributed by atoms with Crippen molar-refractivity contribution < 1.29 is 9.84 Å². The summed E-state index contributed by atoms with van der Waals surface area (Å²) in [4.78, 5) is 0. The number of ether oxygens (including phenoxy) is 1. The van der Waals surface area contributed by atoms with Gasteiger partial charge in [-0.05, 0) is 26.7 Å². The summed E-state index contributed by atoms with van der Waals surface area (Å²) in [5, 5.41) is 9.17. The highest BCUT2D eigenvalue weighted by molar-refractivity contribution is 4.72. The summed E-state index contributed by atoms with van der Waals surface area (Å²) >= 11 is 0. The predicted molar refractivity (Wildman–Crippen MR) is 35.2 cm³/mol. The lowest BCUT2D eigenvalue weighted by Gasteiger charge is -2.29. The van der Waals surface area contributed by atoms with E-state index in [1.54, 1.807) is 0 Å². The van der Waals surface area contributed by atoms with Crippen molar-refractivity contribution in [1.29, 1.82) is 0 Å². The summed E-state index contributed by atoms with van der Waals surface area (Å²) in [6.07, 6.45) is 2.02. The Morgan fingerprint density at radius 3 is 2.44 bits per heavy atom. The number of hydrogen-bond donors (Lipinski definition) is 1. The minimum Gasteiger partial charge on any atom is -0.390 e. The van der Waals surface area contributed by atoms with Gasteiger partial charge in [-0.25, -0.2) is 0 Å². The molecule has 0 aromatic rings. The molecule has 1 aliphatic heterocycles. The van der Waals surface area contributed by atoms with Gasteiger partial charge in [0.05, 0.1) is 18.3 Å². The van der Waals surface area contributed by atoms with Crippen molar-refractivity contribution in [3.63, 3.8) is 0 Å². The fourth-order valence-corrected chi connectivity index (χ4v) is 1.17. The quantitative estimate of drug-likeness (QED) is 0.528. The van der Waals surface area contributed by atoms with Crippen molar-refractivity contribution in [2.75, 3.05) is 0 Å². The van der Waals surface area contributed by atoms with E-state index in [4.69, 9.17) is 4.74 Å². The van der Waals surface area contributed by atoms with Crippen LogP contribution < -0.4 is 0 Å². The molecule has 3 atom stereocenters. The van der Waals surface area contributed by atoms with Crippen LogP contribution in [0.2, 0.25) is 0 Å². The summed E-state index contributed by atoms with van der Waals surface area (Å²) in [7, 11) is 0. The standard InChI is InChI=1S/C7H14O2/c1-5-3-4-7(8)6(2)9-5/h5-8H,3-4H2,1-2H3/t5-,6+,7?/m1/s1. The smallest absolute Gasteiger partial charge is 0.0809 e. The second kappa shape index (κ2) is 2.67. The summed E-state index contributed by atoms with van der Waals surface area (Å²) in [6.45, 7) is 3.96. The zero-order valence-corrected chi connectivity index (χ0v) is 6.00. The highest BCUT2D eigenvalue weighted by Crippen LogP contribution is 2.18. The molecule has 1 saturated heterocycles. The number of aliphatic hydroxyl groups is 1. The first kappa shape index (κ1) is 7.03. The molecule has 0 aliphatic carbocycles. The van der Waals surface area contributed by atoms with Crippen LogP contribution in [0.15, 0.2) is 0 Å². The van der Waals surface area contributed by atoms with E-state index in [2.05, 4.69) is 0 Å². The van der Waals surface area contributed by atoms with Crippen LogP contribution in [0.25, 0.3) is 0 Å². The lowest BCUT2D eigenvalue weighted by Crippen LogP contribution is -2.35. The fourth-order valence-electron chi connectivity index (χ4n) is 1.17. The molecule has 1 heterocycles. The van der Waals surface area contributed by atoms with E-state index in [1.807, 2.05) is 13.8 Å². The van der Waals surface area contributed by atoms with Gasteiger partial charge in [0, 0.05) is 0 Å². The predicted octanol–water partition coefficient (Wildman–Crippen LogP) is 0.935. The maximum atomic E-state index is 9.17. The average Bonchev–Trinajstić information content (AvgIpc) is 1.80. The summed E-state index contributed by atoms with van der Waals surface area (Å²) < 4.78 is 5.35. The zero-order valence-electron chi connectivity index (χ0n) is 6.00. The molecule has 0 aromatic carbocycles. The van der Waals surface area contributed by atoms with Gasteiger partial charge in [-0.1, -0.05) is 0 Å². The summed E-state index contributed by atoms with van der Waals surface area (Å²) in [6, 6.07) is 0. The molecular formula is C7H14O2. The van der Waals surface area contributed by atoms with Gasteiger partial charge in [-0.15, -0.1) is 0 Å². The number of rotatable bonds is 0. The first-order chi connectivity index (χ1) is 4.20. The number of aliphatic hydroxyl groups excluding tert-OH is 1. The SMILES string of the molecule is C[C@@H]1CCC(O)[C@H](C)O1. The molecule has 0 bridgehead atoms. The monoisotopic (exact) mass is 130 g/mol. The van der Waals surface area contributed by atoms with Gasteiger partial charge in [0.25, 0.3) is 0 Å². The number of hydrogen-bond acceptors (Lipinski definition) is 2. The Hall–Kier alpha value is -0.0800. The average molecular weight is 130 g/mol. The highest BCUT2D eigenvalue weighted by atomic mass is 16.5. The fraction of sp³-hybridized carbons (Fsp3) is 1.00. The van der Waals surface area contributed by atoms with Crippen molar-refractivity contribution >= 4 is 0 Å². The lowest BCUT2D eigenvalue weighted by atomic mass is 10.0. The van der Waals surface area contributed by atoms with Crippen molar-refractivity contribution in [2.24, 2.45) is 0 Å². The molecule has 1 unspecified atom stereocenters. The van der Waals surface area contributed by atoms with Crippen LogP contribution >= 0.6 is 0 Å². The Labute approximate surface area is 55.8 Å². The molecule has 0 amide bonds. The van der Waals surface area contributed by atoms with Gasteiger partial charge in [0.2, 0.25) is 0 Å². The van der Waals surface area contributed by atoms with Crippen LogP contribution in [0.5, 0.6) is 0 Å². The minimum absolute atomic E-state index is 0.0359. The zero-order chi connectivity index (χ0) is 6.85. The molecule has 1 fully saturated rings. The molecule has 0 saturated carbocycles. The Kier molecular flexibility index (Phi) is 2.09. The van der Waals surface area contributed by atoms with Gasteiger partial charge < -0.3 is 9.84 Å². The van der Waals surface area contributed by atoms with Crippen LogP contribution in [0.4, 0.5) is 0 Å². The first-order valence-electron chi connectivity index (χ1n) is 3.53. The molecular weight excluding hydrogens is 116 g/mol. The van der Waals surface area contributed by atoms with Crippen molar-refractivity contribution in [1.82, 2.24) is 0 Å². The molecule has 9 heavy (non-hydrogen) atoms.